The Bertz CT molecular complexity index is 915. The van der Waals surface area contributed by atoms with Crippen molar-refractivity contribution in [1.82, 2.24) is 0 Å². The molecule has 0 amide bonds. The molecule has 0 bridgehead atoms. The molecule has 1 aromatic carbocycles. The van der Waals surface area contributed by atoms with Gasteiger partial charge in [0.25, 0.3) is 0 Å². The van der Waals surface area contributed by atoms with E-state index in [4.69, 9.17) is 28.4 Å². The predicted octanol–water partition coefficient (Wildman–Crippen LogP) is 1.53. The zero-order valence-electron chi connectivity index (χ0n) is 18.3. The lowest BCUT2D eigenvalue weighted by molar-refractivity contribution is -0.294. The van der Waals surface area contributed by atoms with E-state index < -0.39 is 67.2 Å². The van der Waals surface area contributed by atoms with Crippen LogP contribution in [0.4, 0.5) is 0 Å². The molecule has 0 radical (unpaired) electrons. The van der Waals surface area contributed by atoms with Gasteiger partial charge in [0.15, 0.2) is 12.2 Å². The number of carbonyl (C=O) groups is 5. The van der Waals surface area contributed by atoms with Crippen molar-refractivity contribution in [3.8, 4) is 0 Å². The van der Waals surface area contributed by atoms with E-state index in [1.165, 1.54) is 6.07 Å². The Hall–Kier alpha value is -2.74. The van der Waals surface area contributed by atoms with Crippen molar-refractivity contribution >= 4 is 52.4 Å². The maximum Gasteiger partial charge on any atom is 0.340 e. The van der Waals surface area contributed by atoms with Gasteiger partial charge in [-0.1, -0.05) is 6.07 Å². The van der Waals surface area contributed by atoms with Crippen molar-refractivity contribution in [2.75, 3.05) is 6.61 Å². The lowest BCUT2D eigenvalue weighted by Crippen LogP contribution is -2.63. The maximum absolute atomic E-state index is 12.7. The first kappa shape index (κ1) is 26.5. The Morgan fingerprint density at radius 3 is 1.94 bits per heavy atom. The van der Waals surface area contributed by atoms with Crippen LogP contribution < -0.4 is 0 Å². The molecule has 0 saturated carbocycles. The Kier molecular flexibility index (Phi) is 9.58. The van der Waals surface area contributed by atoms with Crippen molar-refractivity contribution in [1.29, 1.82) is 0 Å². The van der Waals surface area contributed by atoms with Crippen LogP contribution in [0.2, 0.25) is 0 Å². The smallest absolute Gasteiger partial charge is 0.340 e. The number of halogens is 1. The SMILES string of the molecule is CC(=O)OC[C@H]1O[C@@H](OC(=O)c2cccc(I)c2)[C@H](OC(C)=O)[C@@H](OC(C)=O)[C@H]1OC(C)=O. The van der Waals surface area contributed by atoms with Gasteiger partial charge in [-0.05, 0) is 40.8 Å². The highest BCUT2D eigenvalue weighted by Gasteiger charge is 2.53. The lowest BCUT2D eigenvalue weighted by Gasteiger charge is -2.43. The first-order valence-corrected chi connectivity index (χ1v) is 10.8. The van der Waals surface area contributed by atoms with Crippen LogP contribution in [0.15, 0.2) is 24.3 Å². The molecule has 0 aromatic heterocycles. The zero-order chi connectivity index (χ0) is 24.7. The quantitative estimate of drug-likeness (QED) is 0.264. The summed E-state index contributed by atoms with van der Waals surface area (Å²) in [5.74, 6) is -3.81. The zero-order valence-corrected chi connectivity index (χ0v) is 20.4. The number of hydrogen-bond donors (Lipinski definition) is 0. The van der Waals surface area contributed by atoms with Gasteiger partial charge >= 0.3 is 29.8 Å². The normalized spacial score (nSPS) is 24.2. The second-order valence-electron chi connectivity index (χ2n) is 6.98. The molecule has 2 rings (SSSR count). The van der Waals surface area contributed by atoms with Gasteiger partial charge in [-0.3, -0.25) is 19.2 Å². The summed E-state index contributed by atoms with van der Waals surface area (Å²) in [6.07, 6.45) is -7.00. The minimum absolute atomic E-state index is 0.190. The summed E-state index contributed by atoms with van der Waals surface area (Å²) in [6.45, 7) is 4.03. The van der Waals surface area contributed by atoms with Gasteiger partial charge < -0.3 is 28.4 Å². The van der Waals surface area contributed by atoms with E-state index in [9.17, 15) is 24.0 Å². The van der Waals surface area contributed by atoms with Crippen molar-refractivity contribution in [3.05, 3.63) is 33.4 Å². The van der Waals surface area contributed by atoms with E-state index in [2.05, 4.69) is 0 Å². The third kappa shape index (κ3) is 7.96. The van der Waals surface area contributed by atoms with E-state index >= 15 is 0 Å². The molecule has 0 aliphatic carbocycles. The molecule has 11 nitrogen and oxygen atoms in total. The molecule has 0 spiro atoms. The molecule has 5 atom stereocenters. The monoisotopic (exact) mass is 578 g/mol. The summed E-state index contributed by atoms with van der Waals surface area (Å²) in [6, 6.07) is 6.49. The van der Waals surface area contributed by atoms with Crippen LogP contribution in [0.3, 0.4) is 0 Å². The fourth-order valence-electron chi connectivity index (χ4n) is 3.07. The van der Waals surface area contributed by atoms with E-state index in [-0.39, 0.29) is 5.56 Å². The molecule has 1 aliphatic heterocycles. The Morgan fingerprint density at radius 1 is 0.818 bits per heavy atom. The molecular weight excluding hydrogens is 555 g/mol. The lowest BCUT2D eigenvalue weighted by atomic mass is 9.98. The van der Waals surface area contributed by atoms with Gasteiger partial charge in [-0.25, -0.2) is 4.79 Å². The van der Waals surface area contributed by atoms with Crippen LogP contribution in [0.25, 0.3) is 0 Å². The number of rotatable bonds is 7. The maximum atomic E-state index is 12.7. The van der Waals surface area contributed by atoms with Gasteiger partial charge in [0.1, 0.15) is 12.7 Å². The van der Waals surface area contributed by atoms with Crippen LogP contribution >= 0.6 is 22.6 Å². The van der Waals surface area contributed by atoms with Crippen molar-refractivity contribution in [2.45, 2.75) is 58.4 Å². The van der Waals surface area contributed by atoms with Gasteiger partial charge in [0.2, 0.25) is 12.4 Å². The van der Waals surface area contributed by atoms with Crippen molar-refractivity contribution in [2.24, 2.45) is 0 Å². The molecule has 1 heterocycles. The fourth-order valence-corrected chi connectivity index (χ4v) is 3.62. The summed E-state index contributed by atoms with van der Waals surface area (Å²) in [7, 11) is 0. The van der Waals surface area contributed by atoms with Gasteiger partial charge in [-0.2, -0.15) is 0 Å². The minimum Gasteiger partial charge on any atom is -0.463 e. The number of carbonyl (C=O) groups excluding carboxylic acids is 5. The number of hydrogen-bond acceptors (Lipinski definition) is 11. The molecule has 1 fully saturated rings. The standard InChI is InChI=1S/C21H23IO11/c1-10(23)28-9-16-17(29-11(2)24)18(30-12(3)25)19(31-13(4)26)21(32-16)33-20(27)14-6-5-7-15(22)8-14/h5-8,16-19,21H,9H2,1-4H3/t16-,17+,18+,19-,21+/m1/s1. The molecule has 1 saturated heterocycles. The summed E-state index contributed by atoms with van der Waals surface area (Å²) in [4.78, 5) is 59.4. The third-order valence-electron chi connectivity index (χ3n) is 4.23. The molecule has 0 N–H and O–H groups in total. The van der Waals surface area contributed by atoms with E-state index in [0.29, 0.717) is 0 Å². The van der Waals surface area contributed by atoms with E-state index in [1.807, 2.05) is 22.6 Å². The molecule has 1 aromatic rings. The van der Waals surface area contributed by atoms with E-state index in [0.717, 1.165) is 31.3 Å². The third-order valence-corrected chi connectivity index (χ3v) is 4.90. The summed E-state index contributed by atoms with van der Waals surface area (Å²) in [5, 5.41) is 0. The molecule has 1 aliphatic rings. The van der Waals surface area contributed by atoms with Crippen molar-refractivity contribution in [3.63, 3.8) is 0 Å². The minimum atomic E-state index is -1.57. The van der Waals surface area contributed by atoms with Gasteiger partial charge in [0, 0.05) is 31.3 Å². The predicted molar refractivity (Wildman–Crippen MR) is 117 cm³/mol. The highest BCUT2D eigenvalue weighted by molar-refractivity contribution is 14.1. The molecule has 33 heavy (non-hydrogen) atoms. The van der Waals surface area contributed by atoms with Crippen LogP contribution in [0.1, 0.15) is 38.1 Å². The second-order valence-corrected chi connectivity index (χ2v) is 8.23. The molecule has 12 heteroatoms. The van der Waals surface area contributed by atoms with Crippen molar-refractivity contribution < 1.29 is 52.4 Å². The summed E-state index contributed by atoms with van der Waals surface area (Å²) >= 11 is 2.02. The second kappa shape index (κ2) is 11.9. The largest absolute Gasteiger partial charge is 0.463 e. The summed E-state index contributed by atoms with van der Waals surface area (Å²) < 4.78 is 32.7. The highest BCUT2D eigenvalue weighted by Crippen LogP contribution is 2.30. The molecule has 180 valence electrons. The van der Waals surface area contributed by atoms with Crippen LogP contribution in [0, 0.1) is 3.57 Å². The topological polar surface area (TPSA) is 141 Å². The average molecular weight is 578 g/mol. The van der Waals surface area contributed by atoms with Gasteiger partial charge in [0.05, 0.1) is 5.56 Å². The Balaban J connectivity index is 2.43. The van der Waals surface area contributed by atoms with Crippen LogP contribution in [-0.2, 0) is 47.6 Å². The number of ether oxygens (including phenoxy) is 6. The van der Waals surface area contributed by atoms with Crippen LogP contribution in [-0.4, -0.2) is 67.2 Å². The Morgan fingerprint density at radius 2 is 1.39 bits per heavy atom. The fraction of sp³-hybridized carbons (Fsp3) is 0.476. The Labute approximate surface area is 203 Å². The number of benzene rings is 1. The first-order valence-electron chi connectivity index (χ1n) is 9.75. The van der Waals surface area contributed by atoms with Crippen LogP contribution in [0.5, 0.6) is 0 Å². The summed E-state index contributed by atoms with van der Waals surface area (Å²) in [5.41, 5.74) is 0.190. The van der Waals surface area contributed by atoms with Gasteiger partial charge in [-0.15, -0.1) is 0 Å². The first-order chi connectivity index (χ1) is 15.5. The molecular formula is C21H23IO11. The number of esters is 5. The molecule has 0 unspecified atom stereocenters. The average Bonchev–Trinajstić information content (AvgIpc) is 2.69. The van der Waals surface area contributed by atoms with E-state index in [1.54, 1.807) is 18.2 Å². The highest BCUT2D eigenvalue weighted by atomic mass is 127.